The normalized spacial score (nSPS) is 44.3. The van der Waals surface area contributed by atoms with Crippen LogP contribution in [0.1, 0.15) is 79.1 Å². The highest BCUT2D eigenvalue weighted by molar-refractivity contribution is 5.82. The minimum Gasteiger partial charge on any atom is -0.498 e. The van der Waals surface area contributed by atoms with Crippen LogP contribution in [-0.2, 0) is 9.53 Å². The number of hydrogen-bond acceptors (Lipinski definition) is 2. The van der Waals surface area contributed by atoms with Gasteiger partial charge < -0.3 is 4.74 Å². The van der Waals surface area contributed by atoms with Gasteiger partial charge in [-0.15, -0.1) is 0 Å². The lowest BCUT2D eigenvalue weighted by Crippen LogP contribution is -2.50. The Morgan fingerprint density at radius 3 is 2.69 bits per heavy atom. The molecule has 0 amide bonds. The smallest absolute Gasteiger partial charge is 0.136 e. The van der Waals surface area contributed by atoms with Crippen LogP contribution in [0.2, 0.25) is 0 Å². The molecule has 2 fully saturated rings. The van der Waals surface area contributed by atoms with E-state index in [0.29, 0.717) is 23.5 Å². The van der Waals surface area contributed by atoms with Crippen LogP contribution in [0.15, 0.2) is 23.5 Å². The van der Waals surface area contributed by atoms with Gasteiger partial charge in [0.2, 0.25) is 0 Å². The van der Waals surface area contributed by atoms with E-state index in [4.69, 9.17) is 4.74 Å². The first kappa shape index (κ1) is 18.3. The molecular weight excluding hydrogens is 320 g/mol. The zero-order valence-corrected chi connectivity index (χ0v) is 17.1. The Hall–Kier alpha value is -1.05. The predicted octanol–water partition coefficient (Wildman–Crippen LogP) is 6.07. The Balaban J connectivity index is 1.63. The Morgan fingerprint density at radius 2 is 1.96 bits per heavy atom. The van der Waals surface area contributed by atoms with Crippen molar-refractivity contribution in [2.75, 3.05) is 6.61 Å². The van der Waals surface area contributed by atoms with Crippen LogP contribution < -0.4 is 0 Å². The molecule has 0 heterocycles. The van der Waals surface area contributed by atoms with E-state index in [1.54, 1.807) is 0 Å². The van der Waals surface area contributed by atoms with Crippen LogP contribution in [0.4, 0.5) is 0 Å². The average Bonchev–Trinajstić information content (AvgIpc) is 2.99. The lowest BCUT2D eigenvalue weighted by Gasteiger charge is -2.57. The summed E-state index contributed by atoms with van der Waals surface area (Å²) in [6.45, 7) is 9.87. The Bertz CT molecular complexity index is 645. The van der Waals surface area contributed by atoms with Gasteiger partial charge in [0.15, 0.2) is 0 Å². The summed E-state index contributed by atoms with van der Waals surface area (Å²) in [5, 5.41) is 0. The number of hydrogen-bond donors (Lipinski definition) is 0. The fourth-order valence-corrected chi connectivity index (χ4v) is 7.37. The van der Waals surface area contributed by atoms with E-state index in [2.05, 4.69) is 32.9 Å². The second kappa shape index (κ2) is 6.53. The fraction of sp³-hybridized carbons (Fsp3) is 0.792. The van der Waals surface area contributed by atoms with Gasteiger partial charge in [0.05, 0.1) is 12.4 Å². The number of rotatable bonds is 4. The highest BCUT2D eigenvalue weighted by Crippen LogP contribution is 2.66. The molecule has 4 aliphatic carbocycles. The molecule has 0 saturated heterocycles. The number of fused-ring (bicyclic) bond motifs is 5. The van der Waals surface area contributed by atoms with Crippen LogP contribution in [0.25, 0.3) is 0 Å². The molecule has 6 atom stereocenters. The summed E-state index contributed by atoms with van der Waals surface area (Å²) in [5.74, 6) is 4.34. The molecular formula is C24H36O2. The maximum Gasteiger partial charge on any atom is 0.136 e. The highest BCUT2D eigenvalue weighted by atomic mass is 16.5. The third kappa shape index (κ3) is 2.54. The summed E-state index contributed by atoms with van der Waals surface area (Å²) >= 11 is 0. The van der Waals surface area contributed by atoms with E-state index >= 15 is 0 Å². The number of ether oxygens (including phenoxy) is 1. The number of carbonyl (C=O) groups excluding carboxylic acids is 1. The molecule has 2 heteroatoms. The third-order valence-corrected chi connectivity index (χ3v) is 8.80. The molecule has 0 aromatic rings. The summed E-state index contributed by atoms with van der Waals surface area (Å²) < 4.78 is 5.83. The zero-order valence-electron chi connectivity index (χ0n) is 17.1. The monoisotopic (exact) mass is 356 g/mol. The van der Waals surface area contributed by atoms with E-state index in [0.717, 1.165) is 37.2 Å². The Morgan fingerprint density at radius 1 is 1.15 bits per heavy atom. The first-order valence-electron chi connectivity index (χ1n) is 11.0. The van der Waals surface area contributed by atoms with Gasteiger partial charge in [-0.25, -0.2) is 0 Å². The minimum absolute atomic E-state index is 0.261. The summed E-state index contributed by atoms with van der Waals surface area (Å²) in [5.41, 5.74) is 2.12. The summed E-state index contributed by atoms with van der Waals surface area (Å²) in [6, 6.07) is 0. The molecule has 0 aromatic carbocycles. The SMILES string of the molecule is CCOC1=CC2=CC[C@H]3[C@@H]4CC[C@H](C(=O)CC)[C@@]4(C)CC[C@@H]3[C@@]2(C)CC1. The summed E-state index contributed by atoms with van der Waals surface area (Å²) in [6.07, 6.45) is 14.1. The van der Waals surface area contributed by atoms with Gasteiger partial charge in [-0.3, -0.25) is 4.79 Å². The van der Waals surface area contributed by atoms with Crippen molar-refractivity contribution in [2.24, 2.45) is 34.5 Å². The molecule has 2 nitrogen and oxygen atoms in total. The Labute approximate surface area is 159 Å². The van der Waals surface area contributed by atoms with E-state index in [1.165, 1.54) is 43.4 Å². The van der Waals surface area contributed by atoms with Crippen LogP contribution in [0.3, 0.4) is 0 Å². The van der Waals surface area contributed by atoms with E-state index in [9.17, 15) is 4.79 Å². The van der Waals surface area contributed by atoms with Gasteiger partial charge in [0, 0.05) is 18.8 Å². The van der Waals surface area contributed by atoms with Gasteiger partial charge in [-0.1, -0.05) is 26.8 Å². The lowest BCUT2D eigenvalue weighted by molar-refractivity contribution is -0.129. The molecule has 0 N–H and O–H groups in total. The Kier molecular flexibility index (Phi) is 4.60. The molecule has 4 rings (SSSR count). The number of ketones is 1. The second-order valence-electron chi connectivity index (χ2n) is 9.73. The molecule has 0 unspecified atom stereocenters. The van der Waals surface area contributed by atoms with Gasteiger partial charge in [0.1, 0.15) is 5.78 Å². The molecule has 144 valence electrons. The largest absolute Gasteiger partial charge is 0.498 e. The highest BCUT2D eigenvalue weighted by Gasteiger charge is 2.59. The van der Waals surface area contributed by atoms with Crippen molar-refractivity contribution in [3.8, 4) is 0 Å². The van der Waals surface area contributed by atoms with E-state index in [1.807, 2.05) is 6.92 Å². The van der Waals surface area contributed by atoms with Crippen LogP contribution >= 0.6 is 0 Å². The van der Waals surface area contributed by atoms with Gasteiger partial charge in [-0.2, -0.15) is 0 Å². The van der Waals surface area contributed by atoms with Gasteiger partial charge in [-0.05, 0) is 85.7 Å². The number of carbonyl (C=O) groups is 1. The molecule has 0 spiro atoms. The van der Waals surface area contributed by atoms with E-state index in [-0.39, 0.29) is 5.41 Å². The fourth-order valence-electron chi connectivity index (χ4n) is 7.37. The van der Waals surface area contributed by atoms with Crippen molar-refractivity contribution < 1.29 is 9.53 Å². The molecule has 0 aliphatic heterocycles. The number of allylic oxidation sites excluding steroid dienone is 4. The minimum atomic E-state index is 0.261. The van der Waals surface area contributed by atoms with Crippen molar-refractivity contribution in [3.63, 3.8) is 0 Å². The zero-order chi connectivity index (χ0) is 18.5. The first-order chi connectivity index (χ1) is 12.4. The van der Waals surface area contributed by atoms with Crippen LogP contribution in [-0.4, -0.2) is 12.4 Å². The van der Waals surface area contributed by atoms with Crippen molar-refractivity contribution >= 4 is 5.78 Å². The average molecular weight is 357 g/mol. The van der Waals surface area contributed by atoms with Crippen molar-refractivity contribution in [1.82, 2.24) is 0 Å². The van der Waals surface area contributed by atoms with Crippen LogP contribution in [0, 0.1) is 34.5 Å². The van der Waals surface area contributed by atoms with Gasteiger partial charge >= 0.3 is 0 Å². The molecule has 2 saturated carbocycles. The quantitative estimate of drug-likeness (QED) is 0.610. The van der Waals surface area contributed by atoms with Crippen LogP contribution in [0.5, 0.6) is 0 Å². The maximum absolute atomic E-state index is 12.6. The second-order valence-corrected chi connectivity index (χ2v) is 9.73. The van der Waals surface area contributed by atoms with Crippen molar-refractivity contribution in [1.29, 1.82) is 0 Å². The maximum atomic E-state index is 12.6. The molecule has 26 heavy (non-hydrogen) atoms. The first-order valence-corrected chi connectivity index (χ1v) is 11.0. The van der Waals surface area contributed by atoms with Crippen molar-refractivity contribution in [3.05, 3.63) is 23.5 Å². The van der Waals surface area contributed by atoms with Gasteiger partial charge in [0.25, 0.3) is 0 Å². The van der Waals surface area contributed by atoms with E-state index < -0.39 is 0 Å². The van der Waals surface area contributed by atoms with Crippen molar-refractivity contribution in [2.45, 2.75) is 79.1 Å². The molecule has 0 radical (unpaired) electrons. The molecule has 0 aromatic heterocycles. The predicted molar refractivity (Wildman–Crippen MR) is 106 cm³/mol. The third-order valence-electron chi connectivity index (χ3n) is 8.80. The topological polar surface area (TPSA) is 26.3 Å². The summed E-state index contributed by atoms with van der Waals surface area (Å²) in [7, 11) is 0. The lowest BCUT2D eigenvalue weighted by atomic mass is 9.48. The molecule has 0 bridgehead atoms. The standard InChI is InChI=1S/C24H36O2/c1-5-22(25)21-10-9-19-18-8-7-16-15-17(26-6-2)11-13-23(16,3)20(18)12-14-24(19,21)4/h7,15,18-21H,5-6,8-14H2,1-4H3/t18-,19-,20-,21+,23-,24-/m0/s1. The summed E-state index contributed by atoms with van der Waals surface area (Å²) in [4.78, 5) is 12.6. The molecule has 4 aliphatic rings. The number of Topliss-reactive ketones (excluding diaryl/α,β-unsaturated/α-hetero) is 1.